The fourth-order valence-corrected chi connectivity index (χ4v) is 3.37. The highest BCUT2D eigenvalue weighted by atomic mass is 32.1. The third-order valence-electron chi connectivity index (χ3n) is 3.15. The quantitative estimate of drug-likeness (QED) is 0.806. The standard InChI is InChI=1S/C14H26N2S/c1-5-7-10-16(6-2)14(12(4)15)13-9-8-11(3)17-13/h8-9,12,14H,5-7,10,15H2,1-4H3. The lowest BCUT2D eigenvalue weighted by atomic mass is 10.1. The molecule has 0 saturated heterocycles. The minimum Gasteiger partial charge on any atom is -0.326 e. The SMILES string of the molecule is CCCCN(CC)C(c1ccc(C)s1)C(C)N. The fraction of sp³-hybridized carbons (Fsp3) is 0.714. The van der Waals surface area contributed by atoms with Crippen LogP contribution in [0.2, 0.25) is 0 Å². The van der Waals surface area contributed by atoms with Crippen molar-refractivity contribution < 1.29 is 0 Å². The fourth-order valence-electron chi connectivity index (χ4n) is 2.24. The Morgan fingerprint density at radius 3 is 2.47 bits per heavy atom. The summed E-state index contributed by atoms with van der Waals surface area (Å²) >= 11 is 1.88. The lowest BCUT2D eigenvalue weighted by Crippen LogP contribution is -2.39. The van der Waals surface area contributed by atoms with E-state index in [0.717, 1.165) is 13.1 Å². The maximum absolute atomic E-state index is 6.19. The van der Waals surface area contributed by atoms with Gasteiger partial charge in [0, 0.05) is 15.8 Å². The molecule has 0 bridgehead atoms. The predicted octanol–water partition coefficient (Wildman–Crippen LogP) is 3.57. The number of rotatable bonds is 7. The van der Waals surface area contributed by atoms with E-state index in [-0.39, 0.29) is 6.04 Å². The van der Waals surface area contributed by atoms with Crippen LogP contribution in [0, 0.1) is 6.92 Å². The number of aryl methyl sites for hydroxylation is 1. The number of hydrogen-bond acceptors (Lipinski definition) is 3. The molecule has 1 aromatic rings. The first-order valence-corrected chi connectivity index (χ1v) is 7.47. The van der Waals surface area contributed by atoms with Gasteiger partial charge in [-0.1, -0.05) is 20.3 Å². The van der Waals surface area contributed by atoms with Crippen molar-refractivity contribution in [2.24, 2.45) is 5.73 Å². The van der Waals surface area contributed by atoms with E-state index in [1.54, 1.807) is 0 Å². The van der Waals surface area contributed by atoms with Crippen LogP contribution in [0.15, 0.2) is 12.1 Å². The van der Waals surface area contributed by atoms with E-state index in [4.69, 9.17) is 5.73 Å². The van der Waals surface area contributed by atoms with Gasteiger partial charge >= 0.3 is 0 Å². The largest absolute Gasteiger partial charge is 0.326 e. The van der Waals surface area contributed by atoms with Gasteiger partial charge in [-0.2, -0.15) is 0 Å². The average molecular weight is 254 g/mol. The van der Waals surface area contributed by atoms with E-state index < -0.39 is 0 Å². The molecule has 1 rings (SSSR count). The number of likely N-dealkylation sites (N-methyl/N-ethyl adjacent to an activating group) is 1. The van der Waals surface area contributed by atoms with Gasteiger partial charge in [-0.25, -0.2) is 0 Å². The number of unbranched alkanes of at least 4 members (excludes halogenated alkanes) is 1. The van der Waals surface area contributed by atoms with Crippen LogP contribution in [0.25, 0.3) is 0 Å². The number of nitrogens with zero attached hydrogens (tertiary/aromatic N) is 1. The van der Waals surface area contributed by atoms with Crippen LogP contribution in [-0.4, -0.2) is 24.0 Å². The van der Waals surface area contributed by atoms with Crippen molar-refractivity contribution >= 4 is 11.3 Å². The lowest BCUT2D eigenvalue weighted by Gasteiger charge is -2.32. The van der Waals surface area contributed by atoms with Crippen molar-refractivity contribution in [1.29, 1.82) is 0 Å². The summed E-state index contributed by atoms with van der Waals surface area (Å²) in [6.07, 6.45) is 2.49. The first-order chi connectivity index (χ1) is 8.10. The maximum atomic E-state index is 6.19. The van der Waals surface area contributed by atoms with Crippen molar-refractivity contribution in [2.45, 2.75) is 52.6 Å². The molecule has 17 heavy (non-hydrogen) atoms. The molecule has 0 aliphatic heterocycles. The van der Waals surface area contributed by atoms with Gasteiger partial charge in [-0.3, -0.25) is 4.90 Å². The Kier molecular flexibility index (Phi) is 6.17. The second kappa shape index (κ2) is 7.14. The van der Waals surface area contributed by atoms with Crippen molar-refractivity contribution in [3.63, 3.8) is 0 Å². The van der Waals surface area contributed by atoms with E-state index >= 15 is 0 Å². The molecule has 0 aromatic carbocycles. The minimum absolute atomic E-state index is 0.185. The summed E-state index contributed by atoms with van der Waals surface area (Å²) in [6, 6.07) is 5.00. The van der Waals surface area contributed by atoms with Crippen molar-refractivity contribution in [3.05, 3.63) is 21.9 Å². The van der Waals surface area contributed by atoms with E-state index in [1.165, 1.54) is 22.6 Å². The molecule has 2 atom stereocenters. The summed E-state index contributed by atoms with van der Waals surface area (Å²) < 4.78 is 0. The molecule has 2 N–H and O–H groups in total. The van der Waals surface area contributed by atoms with Crippen molar-refractivity contribution in [2.75, 3.05) is 13.1 Å². The average Bonchev–Trinajstić information content (AvgIpc) is 2.69. The molecule has 0 amide bonds. The zero-order valence-electron chi connectivity index (χ0n) is 11.6. The highest BCUT2D eigenvalue weighted by Crippen LogP contribution is 2.29. The van der Waals surface area contributed by atoms with Gasteiger partial charge in [0.2, 0.25) is 0 Å². The van der Waals surface area contributed by atoms with Crippen LogP contribution < -0.4 is 5.73 Å². The van der Waals surface area contributed by atoms with Gasteiger partial charge in [-0.05, 0) is 45.5 Å². The molecule has 2 unspecified atom stereocenters. The Bertz CT molecular complexity index is 320. The van der Waals surface area contributed by atoms with E-state index in [2.05, 4.69) is 44.7 Å². The number of hydrogen-bond donors (Lipinski definition) is 1. The Hall–Kier alpha value is -0.380. The number of thiophene rings is 1. The monoisotopic (exact) mass is 254 g/mol. The third-order valence-corrected chi connectivity index (χ3v) is 4.22. The van der Waals surface area contributed by atoms with Crippen LogP contribution in [0.1, 0.15) is 49.4 Å². The normalized spacial score (nSPS) is 15.2. The second-order valence-electron chi connectivity index (χ2n) is 4.73. The van der Waals surface area contributed by atoms with Crippen LogP contribution >= 0.6 is 11.3 Å². The molecule has 0 fully saturated rings. The summed E-state index contributed by atoms with van der Waals surface area (Å²) in [4.78, 5) is 5.30. The molecule has 0 radical (unpaired) electrons. The zero-order valence-corrected chi connectivity index (χ0v) is 12.4. The first-order valence-electron chi connectivity index (χ1n) is 6.66. The van der Waals surface area contributed by atoms with Crippen molar-refractivity contribution in [1.82, 2.24) is 4.90 Å². The minimum atomic E-state index is 0.185. The van der Waals surface area contributed by atoms with E-state index in [1.807, 2.05) is 11.3 Å². The summed E-state index contributed by atoms with van der Waals surface area (Å²) in [5, 5.41) is 0. The Morgan fingerprint density at radius 1 is 1.35 bits per heavy atom. The van der Waals surface area contributed by atoms with Gasteiger partial charge in [-0.15, -0.1) is 11.3 Å². The van der Waals surface area contributed by atoms with Crippen LogP contribution in [0.4, 0.5) is 0 Å². The van der Waals surface area contributed by atoms with Crippen LogP contribution in [0.3, 0.4) is 0 Å². The maximum Gasteiger partial charge on any atom is 0.0590 e. The summed E-state index contributed by atoms with van der Waals surface area (Å²) in [6.45, 7) is 11.0. The summed E-state index contributed by atoms with van der Waals surface area (Å²) in [5.74, 6) is 0. The molecular weight excluding hydrogens is 228 g/mol. The highest BCUT2D eigenvalue weighted by Gasteiger charge is 2.23. The molecule has 0 spiro atoms. The number of nitrogens with two attached hydrogens (primary N) is 1. The van der Waals surface area contributed by atoms with Gasteiger partial charge in [0.25, 0.3) is 0 Å². The topological polar surface area (TPSA) is 29.3 Å². The molecule has 98 valence electrons. The van der Waals surface area contributed by atoms with Gasteiger partial charge < -0.3 is 5.73 Å². The second-order valence-corrected chi connectivity index (χ2v) is 6.05. The molecule has 1 aromatic heterocycles. The van der Waals surface area contributed by atoms with Crippen LogP contribution in [-0.2, 0) is 0 Å². The summed E-state index contributed by atoms with van der Waals surface area (Å²) in [7, 11) is 0. The molecule has 0 aliphatic rings. The summed E-state index contributed by atoms with van der Waals surface area (Å²) in [5.41, 5.74) is 6.19. The van der Waals surface area contributed by atoms with Crippen LogP contribution in [0.5, 0.6) is 0 Å². The Labute approximate surface area is 110 Å². The molecule has 0 saturated carbocycles. The zero-order chi connectivity index (χ0) is 12.8. The van der Waals surface area contributed by atoms with Gasteiger partial charge in [0.1, 0.15) is 0 Å². The third kappa shape index (κ3) is 4.09. The van der Waals surface area contributed by atoms with Gasteiger partial charge in [0.15, 0.2) is 0 Å². The van der Waals surface area contributed by atoms with E-state index in [9.17, 15) is 0 Å². The Balaban J connectivity index is 2.83. The highest BCUT2D eigenvalue weighted by molar-refractivity contribution is 7.12. The molecular formula is C14H26N2S. The molecule has 0 aliphatic carbocycles. The first kappa shape index (κ1) is 14.7. The van der Waals surface area contributed by atoms with Gasteiger partial charge in [0.05, 0.1) is 6.04 Å². The predicted molar refractivity (Wildman–Crippen MR) is 77.6 cm³/mol. The molecule has 1 heterocycles. The molecule has 2 nitrogen and oxygen atoms in total. The van der Waals surface area contributed by atoms with Crippen molar-refractivity contribution in [3.8, 4) is 0 Å². The van der Waals surface area contributed by atoms with E-state index in [0.29, 0.717) is 6.04 Å². The lowest BCUT2D eigenvalue weighted by molar-refractivity contribution is 0.186. The molecule has 3 heteroatoms. The Morgan fingerprint density at radius 2 is 2.06 bits per heavy atom. The smallest absolute Gasteiger partial charge is 0.0590 e.